The Labute approximate surface area is 446 Å². The van der Waals surface area contributed by atoms with Crippen LogP contribution in [-0.2, 0) is 68.7 Å². The number of hydrogen-bond donors (Lipinski definition) is 14. The van der Waals surface area contributed by atoms with Crippen LogP contribution in [0.15, 0.2) is 36.4 Å². The van der Waals surface area contributed by atoms with E-state index in [4.69, 9.17) is 37.9 Å². The second-order valence-corrected chi connectivity index (χ2v) is 20.3. The van der Waals surface area contributed by atoms with E-state index in [1.165, 1.54) is 25.7 Å². The van der Waals surface area contributed by atoms with Crippen molar-refractivity contribution in [3.05, 3.63) is 42.0 Å². The van der Waals surface area contributed by atoms with Gasteiger partial charge in [-0.25, -0.2) is 4.18 Å². The van der Waals surface area contributed by atoms with Gasteiger partial charge in [0.25, 0.3) is 0 Å². The molecule has 28 nitrogen and oxygen atoms in total. The molecule has 1 aromatic rings. The number of ether oxygens (including phenoxy) is 8. The van der Waals surface area contributed by atoms with Gasteiger partial charge < -0.3 is 105 Å². The van der Waals surface area contributed by atoms with Gasteiger partial charge in [0, 0.05) is 27.3 Å². The lowest BCUT2D eigenvalue weighted by Gasteiger charge is -2.51. The van der Waals surface area contributed by atoms with Gasteiger partial charge in [-0.3, -0.25) is 18.9 Å². The average Bonchev–Trinajstić information content (AvgIpc) is 3.37. The van der Waals surface area contributed by atoms with E-state index in [9.17, 15) is 73.3 Å². The lowest BCUT2D eigenvalue weighted by Crippen LogP contribution is -2.71. The molecule has 0 aliphatic carbocycles. The lowest BCUT2D eigenvalue weighted by atomic mass is 9.93. The third-order valence-corrected chi connectivity index (χ3v) is 13.7. The molecule has 20 atom stereocenters. The minimum atomic E-state index is -5.15. The predicted molar refractivity (Wildman–Crippen MR) is 263 cm³/mol. The zero-order valence-electron chi connectivity index (χ0n) is 43.3. The smallest absolute Gasteiger partial charge is 0.397 e. The van der Waals surface area contributed by atoms with Gasteiger partial charge >= 0.3 is 10.4 Å². The van der Waals surface area contributed by atoms with Gasteiger partial charge in [-0.05, 0) is 43.4 Å². The van der Waals surface area contributed by atoms with E-state index in [2.05, 4.69) is 44.5 Å². The first-order valence-electron chi connectivity index (χ1n) is 25.6. The topological polar surface area (TPSA) is 419 Å². The SMILES string of the molecule is CCCCCCC=CCCCOc1cccc(CN[C@H]2C(O[C@H]3[C@H](O)[C@@H](NC(C)=O)[C@H](O[C@H]4[C@H](O)[C@@H](NC(C)=O)[C@H](O[C@H]5[C@H](O)[C@@H](NC(C)=O)C(O)O[C@@H]5COS(=O)(=O)O)O[C@@H]4CO)O[C@@H]3CO)O[C@H](CO)[C@@H](O)[C@@H]2O)c1. The number of aliphatic hydroxyl groups excluding tert-OH is 9. The van der Waals surface area contributed by atoms with Crippen molar-refractivity contribution in [1.82, 2.24) is 21.3 Å². The van der Waals surface area contributed by atoms with Gasteiger partial charge in [0.2, 0.25) is 17.7 Å². The molecule has 4 aliphatic heterocycles. The van der Waals surface area contributed by atoms with Crippen molar-refractivity contribution in [2.75, 3.05) is 33.0 Å². The minimum Gasteiger partial charge on any atom is -0.494 e. The highest BCUT2D eigenvalue weighted by molar-refractivity contribution is 7.80. The van der Waals surface area contributed by atoms with E-state index in [1.807, 2.05) is 0 Å². The summed E-state index contributed by atoms with van der Waals surface area (Å²) >= 11 is 0. The predicted octanol–water partition coefficient (Wildman–Crippen LogP) is -4.01. The number of amides is 3. The van der Waals surface area contributed by atoms with Crippen LogP contribution < -0.4 is 26.0 Å². The van der Waals surface area contributed by atoms with Gasteiger partial charge in [-0.15, -0.1) is 0 Å². The standard InChI is InChI=1S/C48H78N4O24S/c1-5-6-7-8-9-10-11-12-13-17-68-28-16-14-15-27(18-28)19-49-34-38(60)37(59)29(20-53)71-46(34)74-42-30(21-54)72-47(35(40(42)62)51-25(3)57)75-43-31(22-55)73-48(36(41(43)63)52-26(4)58)76-44-32(23-69-77(65,66)67)70-45(64)33(39(44)61)50-24(2)56/h10-11,14-16,18,29-49,53-55,59-64H,5-9,12-13,17,19-23H2,1-4H3,(H,50,56)(H,51,57)(H,52,58)(H,65,66,67)/t29-,30-,31-,32-,33-,34-,35-,36-,37-,38-,39-,40-,41-,42-,43-,44-,45?,46?,47+,48+/m1/s1. The summed E-state index contributed by atoms with van der Waals surface area (Å²) in [5.74, 6) is -1.75. The molecule has 0 spiro atoms. The Balaban J connectivity index is 1.32. The maximum atomic E-state index is 12.7. The fourth-order valence-electron chi connectivity index (χ4n) is 9.44. The molecule has 0 radical (unpaired) electrons. The van der Waals surface area contributed by atoms with E-state index in [-0.39, 0.29) is 6.54 Å². The summed E-state index contributed by atoms with van der Waals surface area (Å²) in [6.07, 6.45) is -16.4. The maximum Gasteiger partial charge on any atom is 0.397 e. The number of carbonyl (C=O) groups excluding carboxylic acids is 3. The summed E-state index contributed by atoms with van der Waals surface area (Å²) in [6.45, 7) is 2.05. The first-order chi connectivity index (χ1) is 36.6. The maximum absolute atomic E-state index is 12.7. The molecule has 4 saturated heterocycles. The molecular weight excluding hydrogens is 1050 g/mol. The summed E-state index contributed by atoms with van der Waals surface area (Å²) in [5, 5.41) is 110. The third kappa shape index (κ3) is 18.4. The number of hydrogen-bond acceptors (Lipinski definition) is 24. The summed E-state index contributed by atoms with van der Waals surface area (Å²) in [6, 6.07) is 0.840. The zero-order chi connectivity index (χ0) is 56.6. The van der Waals surface area contributed by atoms with Crippen LogP contribution in [0.25, 0.3) is 0 Å². The van der Waals surface area contributed by atoms with Crippen molar-refractivity contribution in [3.63, 3.8) is 0 Å². The Kier molecular flexibility index (Phi) is 25.7. The van der Waals surface area contributed by atoms with Gasteiger partial charge in [0.15, 0.2) is 25.2 Å². The molecule has 2 unspecified atom stereocenters. The van der Waals surface area contributed by atoms with Crippen LogP contribution in [0.1, 0.15) is 78.2 Å². The average molecular weight is 1130 g/mol. The molecule has 5 rings (SSSR count). The molecular formula is C48H78N4O24S. The van der Waals surface area contributed by atoms with E-state index < -0.39 is 177 Å². The van der Waals surface area contributed by atoms with E-state index in [1.54, 1.807) is 24.3 Å². The molecule has 1 aromatic carbocycles. The lowest BCUT2D eigenvalue weighted by molar-refractivity contribution is -0.362. The second-order valence-electron chi connectivity index (χ2n) is 19.3. The summed E-state index contributed by atoms with van der Waals surface area (Å²) in [4.78, 5) is 37.3. The van der Waals surface area contributed by atoms with Crippen molar-refractivity contribution < 1.29 is 115 Å². The molecule has 4 aliphatic rings. The molecule has 4 fully saturated rings. The van der Waals surface area contributed by atoms with Crippen LogP contribution in [0, 0.1) is 0 Å². The normalized spacial score (nSPS) is 35.8. The van der Waals surface area contributed by atoms with Gasteiger partial charge in [0.1, 0.15) is 97.1 Å². The Hall–Kier alpha value is -3.64. The monoisotopic (exact) mass is 1130 g/mol. The fraction of sp³-hybridized carbons (Fsp3) is 0.771. The quantitative estimate of drug-likeness (QED) is 0.0216. The van der Waals surface area contributed by atoms with Crippen LogP contribution in [-0.4, -0.2) is 232 Å². The number of unbranched alkanes of at least 4 members (excludes halogenated alkanes) is 5. The Bertz CT molecular complexity index is 2130. The molecule has 0 aromatic heterocycles. The van der Waals surface area contributed by atoms with Gasteiger partial charge in [-0.2, -0.15) is 8.42 Å². The highest BCUT2D eigenvalue weighted by atomic mass is 32.3. The molecule has 0 saturated carbocycles. The molecule has 0 bridgehead atoms. The second kappa shape index (κ2) is 30.8. The fourth-order valence-corrected chi connectivity index (χ4v) is 9.74. The third-order valence-electron chi connectivity index (χ3n) is 13.3. The van der Waals surface area contributed by atoms with Crippen LogP contribution >= 0.6 is 0 Å². The van der Waals surface area contributed by atoms with Crippen LogP contribution in [0.5, 0.6) is 5.75 Å². The molecule has 3 amide bonds. The van der Waals surface area contributed by atoms with Crippen molar-refractivity contribution in [3.8, 4) is 5.75 Å². The first kappa shape index (κ1) is 64.2. The van der Waals surface area contributed by atoms with Crippen LogP contribution in [0.4, 0.5) is 0 Å². The number of aliphatic hydroxyl groups is 9. The van der Waals surface area contributed by atoms with Crippen LogP contribution in [0.2, 0.25) is 0 Å². The molecule has 29 heteroatoms. The number of rotatable bonds is 28. The van der Waals surface area contributed by atoms with Gasteiger partial charge in [0.05, 0.1) is 39.1 Å². The molecule has 4 heterocycles. The largest absolute Gasteiger partial charge is 0.494 e. The van der Waals surface area contributed by atoms with Crippen molar-refractivity contribution >= 4 is 28.1 Å². The number of carbonyl (C=O) groups is 3. The zero-order valence-corrected chi connectivity index (χ0v) is 44.1. The number of benzene rings is 1. The Morgan fingerprint density at radius 2 is 1.10 bits per heavy atom. The summed E-state index contributed by atoms with van der Waals surface area (Å²) in [7, 11) is -5.15. The highest BCUT2D eigenvalue weighted by Gasteiger charge is 2.56. The Morgan fingerprint density at radius 3 is 1.62 bits per heavy atom. The van der Waals surface area contributed by atoms with Crippen molar-refractivity contribution in [2.24, 2.45) is 0 Å². The van der Waals surface area contributed by atoms with Gasteiger partial charge in [-0.1, -0.05) is 50.5 Å². The van der Waals surface area contributed by atoms with Crippen molar-refractivity contribution in [1.29, 1.82) is 0 Å². The number of allylic oxidation sites excluding steroid dienone is 2. The van der Waals surface area contributed by atoms with E-state index in [0.29, 0.717) is 17.9 Å². The molecule has 77 heavy (non-hydrogen) atoms. The summed E-state index contributed by atoms with van der Waals surface area (Å²) in [5.41, 5.74) is 0.693. The summed E-state index contributed by atoms with van der Waals surface area (Å²) < 4.78 is 84.3. The molecule has 14 N–H and O–H groups in total. The first-order valence-corrected chi connectivity index (χ1v) is 27.0. The van der Waals surface area contributed by atoms with E-state index >= 15 is 0 Å². The van der Waals surface area contributed by atoms with E-state index in [0.717, 1.165) is 40.0 Å². The van der Waals surface area contributed by atoms with Crippen molar-refractivity contribution in [2.45, 2.75) is 202 Å². The number of nitrogens with one attached hydrogen (secondary N) is 4. The molecule has 440 valence electrons. The van der Waals surface area contributed by atoms with Crippen LogP contribution in [0.3, 0.4) is 0 Å². The minimum absolute atomic E-state index is 0.0545. The Morgan fingerprint density at radius 1 is 0.610 bits per heavy atom. The highest BCUT2D eigenvalue weighted by Crippen LogP contribution is 2.35.